The smallest absolute Gasteiger partial charge is 0.240 e. The number of benzene rings is 2. The van der Waals surface area contributed by atoms with E-state index in [0.717, 1.165) is 24.8 Å². The first-order valence-electron chi connectivity index (χ1n) is 11.7. The lowest BCUT2D eigenvalue weighted by Crippen LogP contribution is -2.39. The Kier molecular flexibility index (Phi) is 6.47. The van der Waals surface area contributed by atoms with E-state index in [0.29, 0.717) is 43.7 Å². The molecule has 2 aliphatic rings. The number of nitrogens with zero attached hydrogens (tertiary/aromatic N) is 1. The molecule has 3 heterocycles. The molecule has 180 valence electrons. The van der Waals surface area contributed by atoms with Gasteiger partial charge in [0.25, 0.3) is 0 Å². The minimum atomic E-state index is -3.75. The van der Waals surface area contributed by atoms with Crippen LogP contribution in [0.25, 0.3) is 10.9 Å². The first-order chi connectivity index (χ1) is 16.5. The third-order valence-electron chi connectivity index (χ3n) is 6.57. The monoisotopic (exact) mass is 483 g/mol. The number of aromatic amines is 1. The number of hydrogen-bond acceptors (Lipinski definition) is 5. The maximum atomic E-state index is 12.7. The number of amides is 1. The lowest BCUT2D eigenvalue weighted by Gasteiger charge is -2.32. The van der Waals surface area contributed by atoms with Gasteiger partial charge in [0, 0.05) is 55.6 Å². The first kappa shape index (κ1) is 22.7. The van der Waals surface area contributed by atoms with Crippen LogP contribution in [0, 0.1) is 0 Å². The summed E-state index contributed by atoms with van der Waals surface area (Å²) in [6.45, 7) is 2.43. The zero-order valence-corrected chi connectivity index (χ0v) is 19.8. The lowest BCUT2D eigenvalue weighted by atomic mass is 9.89. The van der Waals surface area contributed by atoms with Gasteiger partial charge in [0.1, 0.15) is 0 Å². The summed E-state index contributed by atoms with van der Waals surface area (Å²) in [5, 5.41) is 1.25. The van der Waals surface area contributed by atoms with E-state index in [2.05, 4.69) is 28.0 Å². The van der Waals surface area contributed by atoms with Gasteiger partial charge in [0.05, 0.1) is 18.1 Å². The molecular formula is C25H29N3O5S. The minimum Gasteiger partial charge on any atom is -0.490 e. The van der Waals surface area contributed by atoms with Gasteiger partial charge in [-0.1, -0.05) is 18.2 Å². The third kappa shape index (κ3) is 4.76. The standard InChI is InChI=1S/C25H29N3O5S/c29-25(28-12-9-18(10-13-28)21-17-26-22-5-2-1-4-20(21)22)8-11-27-34(30,31)19-6-7-23-24(16-19)33-15-3-14-32-23/h1-2,4-7,16-18,26-27H,3,8-15H2. The van der Waals surface area contributed by atoms with Crippen molar-refractivity contribution < 1.29 is 22.7 Å². The fourth-order valence-corrected chi connectivity index (χ4v) is 5.76. The van der Waals surface area contributed by atoms with E-state index in [-0.39, 0.29) is 23.8 Å². The molecule has 9 heteroatoms. The van der Waals surface area contributed by atoms with Gasteiger partial charge in [-0.15, -0.1) is 0 Å². The Hall–Kier alpha value is -3.04. The summed E-state index contributed by atoms with van der Waals surface area (Å²) in [5.74, 6) is 1.36. The first-order valence-corrected chi connectivity index (χ1v) is 13.2. The molecule has 8 nitrogen and oxygen atoms in total. The van der Waals surface area contributed by atoms with Crippen molar-refractivity contribution in [3.63, 3.8) is 0 Å². The summed E-state index contributed by atoms with van der Waals surface area (Å²) in [7, 11) is -3.75. The highest BCUT2D eigenvalue weighted by Gasteiger charge is 2.26. The van der Waals surface area contributed by atoms with Crippen LogP contribution in [-0.4, -0.2) is 57.1 Å². The van der Waals surface area contributed by atoms with Crippen LogP contribution in [0.3, 0.4) is 0 Å². The molecule has 0 aliphatic carbocycles. The molecule has 3 aromatic rings. The number of carbonyl (C=O) groups excluding carboxylic acids is 1. The molecule has 0 spiro atoms. The molecule has 0 saturated carbocycles. The Morgan fingerprint density at radius 3 is 2.65 bits per heavy atom. The van der Waals surface area contributed by atoms with Crippen molar-refractivity contribution >= 4 is 26.8 Å². The topological polar surface area (TPSA) is 101 Å². The zero-order valence-electron chi connectivity index (χ0n) is 19.0. The molecule has 2 aliphatic heterocycles. The summed E-state index contributed by atoms with van der Waals surface area (Å²) in [5.41, 5.74) is 2.45. The Morgan fingerprint density at radius 2 is 1.82 bits per heavy atom. The van der Waals surface area contributed by atoms with Gasteiger partial charge in [-0.3, -0.25) is 4.79 Å². The van der Waals surface area contributed by atoms with Crippen LogP contribution in [-0.2, 0) is 14.8 Å². The summed E-state index contributed by atoms with van der Waals surface area (Å²) >= 11 is 0. The SMILES string of the molecule is O=C(CCNS(=O)(=O)c1ccc2c(c1)OCCCO2)N1CCC(c2c[nH]c3ccccc23)CC1. The number of nitrogens with one attached hydrogen (secondary N) is 2. The number of sulfonamides is 1. The summed E-state index contributed by atoms with van der Waals surface area (Å²) in [6.07, 6.45) is 4.76. The highest BCUT2D eigenvalue weighted by atomic mass is 32.2. The van der Waals surface area contributed by atoms with E-state index in [4.69, 9.17) is 9.47 Å². The molecule has 0 unspecified atom stereocenters. The number of piperidine rings is 1. The molecule has 2 N–H and O–H groups in total. The molecule has 0 radical (unpaired) electrons. The van der Waals surface area contributed by atoms with E-state index in [1.54, 1.807) is 6.07 Å². The summed E-state index contributed by atoms with van der Waals surface area (Å²) < 4.78 is 39.1. The second-order valence-corrected chi connectivity index (χ2v) is 10.5. The van der Waals surface area contributed by atoms with Crippen LogP contribution in [0.5, 0.6) is 11.5 Å². The van der Waals surface area contributed by atoms with Gasteiger partial charge in [0.15, 0.2) is 11.5 Å². The molecule has 1 aromatic heterocycles. The maximum Gasteiger partial charge on any atom is 0.240 e. The van der Waals surface area contributed by atoms with Crippen molar-refractivity contribution in [3.8, 4) is 11.5 Å². The molecule has 0 atom stereocenters. The van der Waals surface area contributed by atoms with E-state index in [1.165, 1.54) is 23.1 Å². The predicted octanol–water partition coefficient (Wildman–Crippen LogP) is 3.40. The number of H-pyrrole nitrogens is 1. The van der Waals surface area contributed by atoms with Crippen molar-refractivity contribution in [1.82, 2.24) is 14.6 Å². The van der Waals surface area contributed by atoms with E-state index >= 15 is 0 Å². The highest BCUT2D eigenvalue weighted by molar-refractivity contribution is 7.89. The molecule has 1 saturated heterocycles. The largest absolute Gasteiger partial charge is 0.490 e. The van der Waals surface area contributed by atoms with Crippen LogP contribution >= 0.6 is 0 Å². The van der Waals surface area contributed by atoms with Crippen molar-refractivity contribution in [2.75, 3.05) is 32.8 Å². The van der Waals surface area contributed by atoms with Crippen LogP contribution in [0.4, 0.5) is 0 Å². The molecule has 2 aromatic carbocycles. The Bertz CT molecular complexity index is 1280. The molecule has 34 heavy (non-hydrogen) atoms. The van der Waals surface area contributed by atoms with Gasteiger partial charge in [-0.2, -0.15) is 0 Å². The van der Waals surface area contributed by atoms with Crippen molar-refractivity contribution in [2.45, 2.75) is 36.5 Å². The van der Waals surface area contributed by atoms with Crippen LogP contribution < -0.4 is 14.2 Å². The quantitative estimate of drug-likeness (QED) is 0.560. The summed E-state index contributed by atoms with van der Waals surface area (Å²) in [4.78, 5) is 18.0. The summed E-state index contributed by atoms with van der Waals surface area (Å²) in [6, 6.07) is 12.9. The predicted molar refractivity (Wildman–Crippen MR) is 129 cm³/mol. The van der Waals surface area contributed by atoms with E-state index in [9.17, 15) is 13.2 Å². The number of carbonyl (C=O) groups is 1. The van der Waals surface area contributed by atoms with E-state index < -0.39 is 10.0 Å². The number of hydrogen-bond donors (Lipinski definition) is 2. The van der Waals surface area contributed by atoms with Gasteiger partial charge in [-0.05, 0) is 42.5 Å². The fourth-order valence-electron chi connectivity index (χ4n) is 4.72. The van der Waals surface area contributed by atoms with Gasteiger partial charge in [-0.25, -0.2) is 13.1 Å². The normalized spacial score (nSPS) is 17.0. The Balaban J connectivity index is 1.13. The average molecular weight is 484 g/mol. The lowest BCUT2D eigenvalue weighted by molar-refractivity contribution is -0.132. The van der Waals surface area contributed by atoms with Crippen molar-refractivity contribution in [3.05, 3.63) is 54.2 Å². The van der Waals surface area contributed by atoms with Crippen molar-refractivity contribution in [1.29, 1.82) is 0 Å². The number of para-hydroxylation sites is 1. The fraction of sp³-hybridized carbons (Fsp3) is 0.400. The third-order valence-corrected chi connectivity index (χ3v) is 8.03. The molecule has 1 amide bonds. The second kappa shape index (κ2) is 9.68. The van der Waals surface area contributed by atoms with Gasteiger partial charge >= 0.3 is 0 Å². The van der Waals surface area contributed by atoms with Gasteiger partial charge < -0.3 is 19.4 Å². The van der Waals surface area contributed by atoms with Crippen molar-refractivity contribution in [2.24, 2.45) is 0 Å². The maximum absolute atomic E-state index is 12.7. The molecule has 5 rings (SSSR count). The average Bonchev–Trinajstić information content (AvgIpc) is 3.14. The van der Waals surface area contributed by atoms with Crippen LogP contribution in [0.1, 0.15) is 37.2 Å². The number of ether oxygens (including phenoxy) is 2. The number of likely N-dealkylation sites (tertiary alicyclic amines) is 1. The number of aromatic nitrogens is 1. The Morgan fingerprint density at radius 1 is 1.06 bits per heavy atom. The van der Waals surface area contributed by atoms with Crippen LogP contribution in [0.15, 0.2) is 53.6 Å². The zero-order chi connectivity index (χ0) is 23.5. The van der Waals surface area contributed by atoms with Gasteiger partial charge in [0.2, 0.25) is 15.9 Å². The number of rotatable bonds is 6. The van der Waals surface area contributed by atoms with Crippen LogP contribution in [0.2, 0.25) is 0 Å². The second-order valence-electron chi connectivity index (χ2n) is 8.75. The number of fused-ring (bicyclic) bond motifs is 2. The molecular weight excluding hydrogens is 454 g/mol. The molecule has 1 fully saturated rings. The highest BCUT2D eigenvalue weighted by Crippen LogP contribution is 2.34. The minimum absolute atomic E-state index is 0.0289. The van der Waals surface area contributed by atoms with E-state index in [1.807, 2.05) is 17.0 Å². The Labute approximate surface area is 199 Å². The molecule has 0 bridgehead atoms.